The molecule has 0 unspecified atom stereocenters. The fourth-order valence-electron chi connectivity index (χ4n) is 1.29. The summed E-state index contributed by atoms with van der Waals surface area (Å²) >= 11 is 3.36. The summed E-state index contributed by atoms with van der Waals surface area (Å²) < 4.78 is 6.58. The number of halogens is 1. The number of rotatable bonds is 5. The molecule has 0 aliphatic carbocycles. The van der Waals surface area contributed by atoms with E-state index in [9.17, 15) is 4.79 Å². The molecule has 1 amide bonds. The van der Waals surface area contributed by atoms with Gasteiger partial charge in [0.05, 0.1) is 12.7 Å². The highest BCUT2D eigenvalue weighted by Gasteiger charge is 2.20. The number of likely N-dealkylation sites (N-methyl/N-ethyl adjacent to an activating group) is 1. The van der Waals surface area contributed by atoms with Crippen molar-refractivity contribution in [3.8, 4) is 0 Å². The van der Waals surface area contributed by atoms with E-state index in [2.05, 4.69) is 21.2 Å². The van der Waals surface area contributed by atoms with Crippen LogP contribution in [0.15, 0.2) is 28.7 Å². The first-order valence-electron chi connectivity index (χ1n) is 5.38. The molecule has 2 atom stereocenters. The summed E-state index contributed by atoms with van der Waals surface area (Å²) in [5, 5.41) is 2.50. The minimum Gasteiger partial charge on any atom is -0.372 e. The Bertz CT molecular complexity index is 367. The van der Waals surface area contributed by atoms with Crippen molar-refractivity contribution in [3.63, 3.8) is 0 Å². The Hall–Kier alpha value is -0.910. The lowest BCUT2D eigenvalue weighted by molar-refractivity contribution is -0.125. The maximum absolute atomic E-state index is 11.3. The number of hydrogen-bond donors (Lipinski definition) is 2. The van der Waals surface area contributed by atoms with Crippen molar-refractivity contribution in [1.82, 2.24) is 5.32 Å². The van der Waals surface area contributed by atoms with Gasteiger partial charge in [-0.3, -0.25) is 4.79 Å². The zero-order chi connectivity index (χ0) is 12.8. The van der Waals surface area contributed by atoms with Gasteiger partial charge in [0.1, 0.15) is 6.04 Å². The summed E-state index contributed by atoms with van der Waals surface area (Å²) in [7, 11) is 1.56. The fourth-order valence-corrected chi connectivity index (χ4v) is 1.56. The second-order valence-corrected chi connectivity index (χ2v) is 4.70. The number of hydrogen-bond acceptors (Lipinski definition) is 3. The van der Waals surface area contributed by atoms with Crippen molar-refractivity contribution in [2.75, 3.05) is 7.05 Å². The molecule has 1 aromatic rings. The first-order valence-corrected chi connectivity index (χ1v) is 6.17. The molecule has 0 aliphatic rings. The van der Waals surface area contributed by atoms with Gasteiger partial charge < -0.3 is 15.8 Å². The largest absolute Gasteiger partial charge is 0.372 e. The Morgan fingerprint density at radius 2 is 2.06 bits per heavy atom. The maximum atomic E-state index is 11.3. The topological polar surface area (TPSA) is 64.4 Å². The van der Waals surface area contributed by atoms with E-state index in [-0.39, 0.29) is 12.0 Å². The number of benzene rings is 1. The molecule has 5 heteroatoms. The van der Waals surface area contributed by atoms with Gasteiger partial charge in [0.15, 0.2) is 0 Å². The van der Waals surface area contributed by atoms with Crippen LogP contribution in [0.2, 0.25) is 0 Å². The number of amides is 1. The van der Waals surface area contributed by atoms with Crippen LogP contribution in [0.3, 0.4) is 0 Å². The maximum Gasteiger partial charge on any atom is 0.239 e. The van der Waals surface area contributed by atoms with Crippen molar-refractivity contribution < 1.29 is 9.53 Å². The third kappa shape index (κ3) is 4.46. The highest BCUT2D eigenvalue weighted by atomic mass is 79.9. The van der Waals surface area contributed by atoms with E-state index in [0.29, 0.717) is 6.61 Å². The Labute approximate surface area is 110 Å². The summed E-state index contributed by atoms with van der Waals surface area (Å²) in [6, 6.07) is 7.17. The quantitative estimate of drug-likeness (QED) is 0.864. The zero-order valence-corrected chi connectivity index (χ0v) is 11.5. The Morgan fingerprint density at radius 1 is 1.47 bits per heavy atom. The van der Waals surface area contributed by atoms with Gasteiger partial charge in [-0.2, -0.15) is 0 Å². The van der Waals surface area contributed by atoms with E-state index >= 15 is 0 Å². The molecule has 1 rings (SSSR count). The molecule has 0 fully saturated rings. The number of nitrogens with one attached hydrogen (secondary N) is 1. The van der Waals surface area contributed by atoms with Gasteiger partial charge in [0.2, 0.25) is 5.91 Å². The molecule has 4 nitrogen and oxygen atoms in total. The number of carbonyl (C=O) groups excluding carboxylic acids is 1. The summed E-state index contributed by atoms with van der Waals surface area (Å²) in [5.74, 6) is -0.215. The molecule has 94 valence electrons. The molecule has 0 radical (unpaired) electrons. The number of nitrogens with two attached hydrogens (primary N) is 1. The van der Waals surface area contributed by atoms with Crippen LogP contribution in [0.4, 0.5) is 0 Å². The average molecular weight is 301 g/mol. The van der Waals surface area contributed by atoms with Crippen LogP contribution in [-0.4, -0.2) is 25.1 Å². The van der Waals surface area contributed by atoms with Gasteiger partial charge in [-0.05, 0) is 24.6 Å². The highest BCUT2D eigenvalue weighted by Crippen LogP contribution is 2.12. The summed E-state index contributed by atoms with van der Waals surface area (Å²) in [4.78, 5) is 11.3. The molecule has 3 N–H and O–H groups in total. The van der Waals surface area contributed by atoms with Crippen LogP contribution in [-0.2, 0) is 16.1 Å². The molecular formula is C12H17BrN2O2. The minimum atomic E-state index is -0.643. The number of ether oxygens (including phenoxy) is 1. The molecule has 0 aromatic heterocycles. The summed E-state index contributed by atoms with van der Waals surface area (Å²) in [6.45, 7) is 2.23. The Balaban J connectivity index is 2.45. The van der Waals surface area contributed by atoms with Crippen LogP contribution >= 0.6 is 15.9 Å². The SMILES string of the molecule is CNC(=O)[C@@H](N)[C@@H](C)OCc1ccc(Br)cc1. The van der Waals surface area contributed by atoms with E-state index in [0.717, 1.165) is 10.0 Å². The van der Waals surface area contributed by atoms with Crippen LogP contribution < -0.4 is 11.1 Å². The number of carbonyl (C=O) groups is 1. The van der Waals surface area contributed by atoms with Crippen molar-refractivity contribution in [3.05, 3.63) is 34.3 Å². The van der Waals surface area contributed by atoms with Gasteiger partial charge in [-0.25, -0.2) is 0 Å². The van der Waals surface area contributed by atoms with E-state index in [4.69, 9.17) is 10.5 Å². The van der Waals surface area contributed by atoms with Gasteiger partial charge in [0.25, 0.3) is 0 Å². The Morgan fingerprint density at radius 3 is 2.59 bits per heavy atom. The zero-order valence-electron chi connectivity index (χ0n) is 9.94. The predicted octanol–water partition coefficient (Wildman–Crippen LogP) is 1.43. The van der Waals surface area contributed by atoms with Crippen molar-refractivity contribution in [1.29, 1.82) is 0 Å². The lowest BCUT2D eigenvalue weighted by atomic mass is 10.2. The fraction of sp³-hybridized carbons (Fsp3) is 0.417. The van der Waals surface area contributed by atoms with E-state index < -0.39 is 6.04 Å². The van der Waals surface area contributed by atoms with Crippen molar-refractivity contribution >= 4 is 21.8 Å². The van der Waals surface area contributed by atoms with E-state index in [1.165, 1.54) is 0 Å². The third-order valence-electron chi connectivity index (χ3n) is 2.48. The van der Waals surface area contributed by atoms with Gasteiger partial charge in [-0.1, -0.05) is 28.1 Å². The third-order valence-corrected chi connectivity index (χ3v) is 3.01. The molecule has 0 bridgehead atoms. The second kappa shape index (κ2) is 6.74. The lowest BCUT2D eigenvalue weighted by Crippen LogP contribution is -2.46. The lowest BCUT2D eigenvalue weighted by Gasteiger charge is -2.19. The predicted molar refractivity (Wildman–Crippen MR) is 70.4 cm³/mol. The van der Waals surface area contributed by atoms with Gasteiger partial charge >= 0.3 is 0 Å². The van der Waals surface area contributed by atoms with Gasteiger partial charge in [-0.15, -0.1) is 0 Å². The van der Waals surface area contributed by atoms with Crippen molar-refractivity contribution in [2.45, 2.75) is 25.7 Å². The van der Waals surface area contributed by atoms with Crippen LogP contribution in [0.25, 0.3) is 0 Å². The first kappa shape index (κ1) is 14.2. The Kier molecular flexibility index (Phi) is 5.61. The van der Waals surface area contributed by atoms with Crippen LogP contribution in [0.1, 0.15) is 12.5 Å². The van der Waals surface area contributed by atoms with Crippen LogP contribution in [0.5, 0.6) is 0 Å². The normalized spacial score (nSPS) is 14.1. The monoisotopic (exact) mass is 300 g/mol. The second-order valence-electron chi connectivity index (χ2n) is 3.78. The molecule has 0 saturated carbocycles. The molecule has 0 spiro atoms. The average Bonchev–Trinajstić information content (AvgIpc) is 2.35. The summed E-state index contributed by atoms with van der Waals surface area (Å²) in [5.41, 5.74) is 6.76. The molecule has 0 heterocycles. The van der Waals surface area contributed by atoms with E-state index in [1.807, 2.05) is 24.3 Å². The van der Waals surface area contributed by atoms with Gasteiger partial charge in [0, 0.05) is 11.5 Å². The standard InChI is InChI=1S/C12H17BrN2O2/c1-8(11(14)12(16)15-2)17-7-9-3-5-10(13)6-4-9/h3-6,8,11H,7,14H2,1-2H3,(H,15,16)/t8-,11+/m1/s1. The molecular weight excluding hydrogens is 284 g/mol. The van der Waals surface area contributed by atoms with E-state index in [1.54, 1.807) is 14.0 Å². The van der Waals surface area contributed by atoms with Crippen molar-refractivity contribution in [2.24, 2.45) is 5.73 Å². The first-order chi connectivity index (χ1) is 8.04. The smallest absolute Gasteiger partial charge is 0.239 e. The van der Waals surface area contributed by atoms with Crippen LogP contribution in [0, 0.1) is 0 Å². The molecule has 0 saturated heterocycles. The highest BCUT2D eigenvalue weighted by molar-refractivity contribution is 9.10. The summed E-state index contributed by atoms with van der Waals surface area (Å²) in [6.07, 6.45) is -0.321. The minimum absolute atomic E-state index is 0.215. The molecule has 0 aliphatic heterocycles. The molecule has 1 aromatic carbocycles. The molecule has 17 heavy (non-hydrogen) atoms.